The van der Waals surface area contributed by atoms with Crippen molar-refractivity contribution in [2.45, 2.75) is 12.2 Å². The Hall–Kier alpha value is -1.79. The first-order chi connectivity index (χ1) is 6.93. The van der Waals surface area contributed by atoms with Crippen molar-refractivity contribution in [3.05, 3.63) is 23.8 Å². The van der Waals surface area contributed by atoms with E-state index in [2.05, 4.69) is 0 Å². The van der Waals surface area contributed by atoms with Crippen molar-refractivity contribution in [3.63, 3.8) is 0 Å². The molecule has 0 saturated heterocycles. The average Bonchev–Trinajstić information content (AvgIpc) is 2.19. The summed E-state index contributed by atoms with van der Waals surface area (Å²) in [6, 6.07) is 3.23. The number of hydrogen-bond acceptors (Lipinski definition) is 5. The highest BCUT2D eigenvalue weighted by Crippen LogP contribution is 2.29. The second kappa shape index (κ2) is 4.16. The quantitative estimate of drug-likeness (QED) is 0.436. The monoisotopic (exact) mass is 214 g/mol. The molecule has 2 atom stereocenters. The van der Waals surface area contributed by atoms with Gasteiger partial charge < -0.3 is 25.5 Å². The molecule has 1 aromatic rings. The molecule has 6 heteroatoms. The fourth-order valence-corrected chi connectivity index (χ4v) is 1.08. The molecule has 5 N–H and O–H groups in total. The van der Waals surface area contributed by atoms with Crippen LogP contribution in [0.25, 0.3) is 0 Å². The van der Waals surface area contributed by atoms with Gasteiger partial charge in [0.1, 0.15) is 17.6 Å². The Kier molecular flexibility index (Phi) is 3.13. The van der Waals surface area contributed by atoms with Gasteiger partial charge in [-0.1, -0.05) is 0 Å². The molecule has 0 radical (unpaired) electrons. The molecule has 2 unspecified atom stereocenters. The number of aromatic hydroxyl groups is 2. The van der Waals surface area contributed by atoms with Crippen LogP contribution in [0.2, 0.25) is 0 Å². The normalized spacial score (nSPS) is 14.5. The Balaban J connectivity index is 3.04. The molecule has 0 fully saturated rings. The van der Waals surface area contributed by atoms with Crippen LogP contribution in [0.1, 0.15) is 11.7 Å². The van der Waals surface area contributed by atoms with E-state index in [1.165, 1.54) is 6.07 Å². The molecular formula is C9H10O6. The van der Waals surface area contributed by atoms with Gasteiger partial charge in [0, 0.05) is 5.56 Å². The lowest BCUT2D eigenvalue weighted by atomic mass is 10.0. The van der Waals surface area contributed by atoms with E-state index in [4.69, 9.17) is 15.3 Å². The van der Waals surface area contributed by atoms with E-state index in [1.54, 1.807) is 0 Å². The number of rotatable bonds is 3. The molecule has 0 aromatic heterocycles. The zero-order valence-electron chi connectivity index (χ0n) is 7.53. The number of aliphatic hydroxyl groups excluding tert-OH is 2. The summed E-state index contributed by atoms with van der Waals surface area (Å²) in [5.41, 5.74) is -0.245. The van der Waals surface area contributed by atoms with Gasteiger partial charge in [0.25, 0.3) is 0 Å². The highest BCUT2D eigenvalue weighted by atomic mass is 16.4. The summed E-state index contributed by atoms with van der Waals surface area (Å²) in [4.78, 5) is 10.4. The number of phenolic OH excluding ortho intramolecular Hbond substituents is 2. The summed E-state index contributed by atoms with van der Waals surface area (Å²) < 4.78 is 0. The van der Waals surface area contributed by atoms with Crippen molar-refractivity contribution in [3.8, 4) is 11.5 Å². The lowest BCUT2D eigenvalue weighted by molar-refractivity contribution is -0.153. The minimum atomic E-state index is -2.06. The van der Waals surface area contributed by atoms with Crippen molar-refractivity contribution in [1.82, 2.24) is 0 Å². The third kappa shape index (κ3) is 2.36. The van der Waals surface area contributed by atoms with Crippen LogP contribution >= 0.6 is 0 Å². The van der Waals surface area contributed by atoms with Gasteiger partial charge in [-0.15, -0.1) is 0 Å². The highest BCUT2D eigenvalue weighted by Gasteiger charge is 2.27. The van der Waals surface area contributed by atoms with Crippen LogP contribution in [0.3, 0.4) is 0 Å². The lowest BCUT2D eigenvalue weighted by Crippen LogP contribution is -2.27. The van der Waals surface area contributed by atoms with Gasteiger partial charge >= 0.3 is 5.97 Å². The van der Waals surface area contributed by atoms with Crippen LogP contribution in [0.5, 0.6) is 11.5 Å². The summed E-state index contributed by atoms with van der Waals surface area (Å²) in [5.74, 6) is -2.27. The van der Waals surface area contributed by atoms with Crippen molar-refractivity contribution >= 4 is 5.97 Å². The molecule has 0 aliphatic carbocycles. The number of carbonyl (C=O) groups is 1. The zero-order valence-corrected chi connectivity index (χ0v) is 7.53. The second-order valence-corrected chi connectivity index (χ2v) is 2.97. The van der Waals surface area contributed by atoms with E-state index >= 15 is 0 Å². The van der Waals surface area contributed by atoms with Gasteiger partial charge in [0.05, 0.1) is 0 Å². The van der Waals surface area contributed by atoms with Crippen molar-refractivity contribution in [1.29, 1.82) is 0 Å². The average molecular weight is 214 g/mol. The number of carboxylic acids is 1. The standard InChI is InChI=1S/C9H10O6/c10-4-1-2-6(11)5(3-4)7(12)8(13)9(14)15/h1-3,7-8,10-13H,(H,14,15). The summed E-state index contributed by atoms with van der Waals surface area (Å²) in [6.45, 7) is 0. The second-order valence-electron chi connectivity index (χ2n) is 2.97. The molecule has 0 heterocycles. The molecule has 6 nitrogen and oxygen atoms in total. The number of aliphatic carboxylic acids is 1. The summed E-state index contributed by atoms with van der Waals surface area (Å²) >= 11 is 0. The Bertz CT molecular complexity index is 375. The predicted octanol–water partition coefficient (Wildman–Crippen LogP) is -0.423. The largest absolute Gasteiger partial charge is 0.508 e. The van der Waals surface area contributed by atoms with E-state index in [9.17, 15) is 15.0 Å². The number of benzene rings is 1. The Labute approximate surface area is 84.7 Å². The Morgan fingerprint density at radius 2 is 1.80 bits per heavy atom. The number of carboxylic acid groups (broad SMARTS) is 1. The van der Waals surface area contributed by atoms with Gasteiger partial charge in [-0.05, 0) is 18.2 Å². The molecule has 15 heavy (non-hydrogen) atoms. The maximum Gasteiger partial charge on any atom is 0.335 e. The van der Waals surface area contributed by atoms with E-state index in [1.807, 2.05) is 0 Å². The van der Waals surface area contributed by atoms with Gasteiger partial charge in [-0.25, -0.2) is 4.79 Å². The fourth-order valence-electron chi connectivity index (χ4n) is 1.08. The predicted molar refractivity (Wildman–Crippen MR) is 48.4 cm³/mol. The Morgan fingerprint density at radius 3 is 2.33 bits per heavy atom. The van der Waals surface area contributed by atoms with Gasteiger partial charge in [0.15, 0.2) is 6.10 Å². The smallest absolute Gasteiger partial charge is 0.335 e. The van der Waals surface area contributed by atoms with Gasteiger partial charge in [0.2, 0.25) is 0 Å². The minimum Gasteiger partial charge on any atom is -0.508 e. The molecule has 0 spiro atoms. The molecule has 0 aliphatic rings. The Morgan fingerprint density at radius 1 is 1.20 bits per heavy atom. The highest BCUT2D eigenvalue weighted by molar-refractivity contribution is 5.73. The SMILES string of the molecule is O=C(O)C(O)C(O)c1cc(O)ccc1O. The number of phenols is 2. The minimum absolute atomic E-state index is 0.245. The van der Waals surface area contributed by atoms with Crippen molar-refractivity contribution < 1.29 is 30.3 Å². The van der Waals surface area contributed by atoms with Gasteiger partial charge in [-0.2, -0.15) is 0 Å². The van der Waals surface area contributed by atoms with Gasteiger partial charge in [-0.3, -0.25) is 0 Å². The molecule has 0 bridgehead atoms. The topological polar surface area (TPSA) is 118 Å². The number of aliphatic hydroxyl groups is 2. The zero-order chi connectivity index (χ0) is 11.6. The van der Waals surface area contributed by atoms with Crippen molar-refractivity contribution in [2.75, 3.05) is 0 Å². The summed E-state index contributed by atoms with van der Waals surface area (Å²) in [6.07, 6.45) is -3.85. The molecular weight excluding hydrogens is 204 g/mol. The molecule has 1 rings (SSSR count). The first kappa shape index (κ1) is 11.3. The van der Waals surface area contributed by atoms with E-state index < -0.39 is 23.9 Å². The lowest BCUT2D eigenvalue weighted by Gasteiger charge is -2.15. The van der Waals surface area contributed by atoms with Crippen LogP contribution in [0.4, 0.5) is 0 Å². The molecule has 0 saturated carbocycles. The van der Waals surface area contributed by atoms with E-state index in [0.29, 0.717) is 0 Å². The summed E-state index contributed by atoms with van der Waals surface area (Å²) in [5, 5.41) is 45.1. The van der Waals surface area contributed by atoms with Crippen molar-refractivity contribution in [2.24, 2.45) is 0 Å². The third-order valence-corrected chi connectivity index (χ3v) is 1.88. The van der Waals surface area contributed by atoms with Crippen LogP contribution in [0, 0.1) is 0 Å². The van der Waals surface area contributed by atoms with E-state index in [-0.39, 0.29) is 11.3 Å². The first-order valence-corrected chi connectivity index (χ1v) is 4.04. The number of hydrogen-bond donors (Lipinski definition) is 5. The van der Waals surface area contributed by atoms with E-state index in [0.717, 1.165) is 12.1 Å². The molecule has 82 valence electrons. The van der Waals surface area contributed by atoms with Crippen LogP contribution in [-0.2, 0) is 4.79 Å². The first-order valence-electron chi connectivity index (χ1n) is 4.04. The fraction of sp³-hybridized carbons (Fsp3) is 0.222. The maximum absolute atomic E-state index is 10.4. The summed E-state index contributed by atoms with van der Waals surface area (Å²) in [7, 11) is 0. The van der Waals surface area contributed by atoms with Crippen LogP contribution in [0.15, 0.2) is 18.2 Å². The molecule has 0 amide bonds. The maximum atomic E-state index is 10.4. The van der Waals surface area contributed by atoms with Crippen LogP contribution in [-0.4, -0.2) is 37.6 Å². The van der Waals surface area contributed by atoms with Crippen LogP contribution < -0.4 is 0 Å². The third-order valence-electron chi connectivity index (χ3n) is 1.88. The molecule has 1 aromatic carbocycles. The molecule has 0 aliphatic heterocycles.